The Balaban J connectivity index is 1.48. The van der Waals surface area contributed by atoms with Crippen LogP contribution < -0.4 is 9.64 Å². The summed E-state index contributed by atoms with van der Waals surface area (Å²) >= 11 is 0. The van der Waals surface area contributed by atoms with Crippen LogP contribution in [-0.4, -0.2) is 48.8 Å². The van der Waals surface area contributed by atoms with Crippen LogP contribution in [0.25, 0.3) is 0 Å². The van der Waals surface area contributed by atoms with E-state index >= 15 is 0 Å². The molecule has 36 heavy (non-hydrogen) atoms. The van der Waals surface area contributed by atoms with Crippen LogP contribution in [0.3, 0.4) is 0 Å². The number of likely N-dealkylation sites (N-methyl/N-ethyl adjacent to an activating group) is 1. The lowest BCUT2D eigenvalue weighted by molar-refractivity contribution is -0.140. The van der Waals surface area contributed by atoms with Crippen molar-refractivity contribution >= 4 is 23.3 Å². The van der Waals surface area contributed by atoms with Gasteiger partial charge in [-0.3, -0.25) is 14.4 Å². The van der Waals surface area contributed by atoms with E-state index < -0.39 is 5.54 Å². The number of ether oxygens (including phenoxy) is 2. The fourth-order valence-electron chi connectivity index (χ4n) is 6.51. The minimum absolute atomic E-state index is 0.0824. The van der Waals surface area contributed by atoms with Gasteiger partial charge >= 0.3 is 0 Å². The summed E-state index contributed by atoms with van der Waals surface area (Å²) in [4.78, 5) is 45.7. The quantitative estimate of drug-likeness (QED) is 0.643. The van der Waals surface area contributed by atoms with Crippen LogP contribution in [0.4, 0.5) is 5.69 Å². The Morgan fingerprint density at radius 2 is 1.78 bits per heavy atom. The lowest BCUT2D eigenvalue weighted by Gasteiger charge is -2.39. The summed E-state index contributed by atoms with van der Waals surface area (Å²) in [5, 5.41) is 0. The number of para-hydroxylation sites is 1. The summed E-state index contributed by atoms with van der Waals surface area (Å²) < 4.78 is 11.6. The third-order valence-corrected chi connectivity index (χ3v) is 8.23. The number of Topliss-reactive ketones (excluding diaryl/α,β-unsaturated/α-hetero) is 1. The van der Waals surface area contributed by atoms with E-state index in [1.807, 2.05) is 55.5 Å². The Hall–Kier alpha value is -3.61. The van der Waals surface area contributed by atoms with Gasteiger partial charge in [-0.15, -0.1) is 0 Å². The minimum atomic E-state index is -1.48. The zero-order chi connectivity index (χ0) is 25.0. The molecule has 7 heteroatoms. The van der Waals surface area contributed by atoms with E-state index in [-0.39, 0.29) is 47.5 Å². The van der Waals surface area contributed by atoms with Gasteiger partial charge < -0.3 is 19.3 Å². The van der Waals surface area contributed by atoms with Gasteiger partial charge in [0.05, 0.1) is 24.3 Å². The maximum atomic E-state index is 14.3. The molecular formula is C29H30N2O5. The summed E-state index contributed by atoms with van der Waals surface area (Å²) in [6, 6.07) is 15.2. The number of hydrogen-bond donors (Lipinski definition) is 0. The number of carbonyl (C=O) groups excluding carboxylic acids is 3. The van der Waals surface area contributed by atoms with Crippen molar-refractivity contribution in [3.05, 3.63) is 71.0 Å². The number of anilines is 1. The molecule has 4 aliphatic rings. The number of benzene rings is 2. The van der Waals surface area contributed by atoms with Crippen molar-refractivity contribution in [1.29, 1.82) is 0 Å². The van der Waals surface area contributed by atoms with E-state index in [0.717, 1.165) is 42.7 Å². The minimum Gasteiger partial charge on any atom is -0.497 e. The van der Waals surface area contributed by atoms with E-state index in [2.05, 4.69) is 0 Å². The van der Waals surface area contributed by atoms with Gasteiger partial charge in [0.25, 0.3) is 11.8 Å². The standard InChI is InChI=1S/C29H30N2O5/c1-3-30-22-10-6-5-9-21(22)29(28(30)34)24-25(32)20-8-4-7-11-23(20)36-26(24)27(33)31(29)17-16-18-12-14-19(35-2)15-13-18/h5-6,9-10,12-15,20,23H,3-4,7-8,11,16-17H2,1-2H3. The molecule has 1 fully saturated rings. The predicted molar refractivity (Wildman–Crippen MR) is 133 cm³/mol. The van der Waals surface area contributed by atoms with Crippen LogP contribution in [-0.2, 0) is 31.1 Å². The molecule has 3 atom stereocenters. The van der Waals surface area contributed by atoms with E-state index in [4.69, 9.17) is 9.47 Å². The maximum Gasteiger partial charge on any atom is 0.290 e. The third-order valence-electron chi connectivity index (χ3n) is 8.23. The molecule has 3 aliphatic heterocycles. The third kappa shape index (κ3) is 3.01. The highest BCUT2D eigenvalue weighted by atomic mass is 16.5. The number of nitrogens with zero attached hydrogens (tertiary/aromatic N) is 2. The van der Waals surface area contributed by atoms with Gasteiger partial charge in [0.15, 0.2) is 17.1 Å². The zero-order valence-electron chi connectivity index (χ0n) is 20.7. The Labute approximate surface area is 210 Å². The molecule has 6 rings (SSSR count). The molecule has 0 aromatic heterocycles. The molecule has 2 amide bonds. The highest BCUT2D eigenvalue weighted by molar-refractivity contribution is 6.24. The summed E-state index contributed by atoms with van der Waals surface area (Å²) in [5.74, 6) is -0.173. The first-order chi connectivity index (χ1) is 17.5. The Morgan fingerprint density at radius 1 is 1.03 bits per heavy atom. The number of hydrogen-bond acceptors (Lipinski definition) is 5. The van der Waals surface area contributed by atoms with Crippen molar-refractivity contribution in [2.45, 2.75) is 50.7 Å². The molecule has 186 valence electrons. The average molecular weight is 487 g/mol. The fourth-order valence-corrected chi connectivity index (χ4v) is 6.51. The van der Waals surface area contributed by atoms with Crippen molar-refractivity contribution in [2.75, 3.05) is 25.1 Å². The second-order valence-electron chi connectivity index (χ2n) is 9.95. The summed E-state index contributed by atoms with van der Waals surface area (Å²) in [5.41, 5.74) is 1.22. The summed E-state index contributed by atoms with van der Waals surface area (Å²) in [6.07, 6.45) is 3.65. The highest BCUT2D eigenvalue weighted by Crippen LogP contribution is 2.56. The summed E-state index contributed by atoms with van der Waals surface area (Å²) in [6.45, 7) is 2.64. The van der Waals surface area contributed by atoms with Crippen molar-refractivity contribution < 1.29 is 23.9 Å². The first-order valence-electron chi connectivity index (χ1n) is 12.8. The first-order valence-corrected chi connectivity index (χ1v) is 12.8. The Bertz CT molecular complexity index is 1280. The van der Waals surface area contributed by atoms with Crippen molar-refractivity contribution in [1.82, 2.24) is 4.90 Å². The molecule has 0 radical (unpaired) electrons. The van der Waals surface area contributed by atoms with E-state index in [0.29, 0.717) is 18.5 Å². The van der Waals surface area contributed by atoms with Crippen LogP contribution >= 0.6 is 0 Å². The van der Waals surface area contributed by atoms with E-state index in [9.17, 15) is 14.4 Å². The van der Waals surface area contributed by atoms with Crippen LogP contribution in [0.5, 0.6) is 5.75 Å². The van der Waals surface area contributed by atoms with Gasteiger partial charge in [0.2, 0.25) is 0 Å². The number of ketones is 1. The lowest BCUT2D eigenvalue weighted by atomic mass is 9.73. The van der Waals surface area contributed by atoms with Gasteiger partial charge in [-0.2, -0.15) is 0 Å². The fraction of sp³-hybridized carbons (Fsp3) is 0.414. The molecule has 1 spiro atoms. The summed E-state index contributed by atoms with van der Waals surface area (Å²) in [7, 11) is 1.62. The van der Waals surface area contributed by atoms with Crippen LogP contribution in [0, 0.1) is 5.92 Å². The van der Waals surface area contributed by atoms with Crippen LogP contribution in [0.2, 0.25) is 0 Å². The van der Waals surface area contributed by atoms with Gasteiger partial charge in [-0.1, -0.05) is 36.8 Å². The van der Waals surface area contributed by atoms with Crippen molar-refractivity contribution in [3.8, 4) is 5.75 Å². The lowest BCUT2D eigenvalue weighted by Crippen LogP contribution is -2.55. The monoisotopic (exact) mass is 486 g/mol. The molecule has 1 aliphatic carbocycles. The smallest absolute Gasteiger partial charge is 0.290 e. The molecule has 3 heterocycles. The van der Waals surface area contributed by atoms with E-state index in [1.54, 1.807) is 16.9 Å². The second kappa shape index (κ2) is 8.50. The molecule has 7 nitrogen and oxygen atoms in total. The molecule has 2 aromatic rings. The SMILES string of the molecule is CCN1C(=O)C2(C3=C(OC4CCCCC4C3=O)C(=O)N2CCc2ccc(OC)cc2)c2ccccc21. The first kappa shape index (κ1) is 22.8. The normalized spacial score (nSPS) is 26.8. The number of methoxy groups -OCH3 is 1. The van der Waals surface area contributed by atoms with Crippen LogP contribution in [0.15, 0.2) is 59.9 Å². The zero-order valence-corrected chi connectivity index (χ0v) is 20.7. The van der Waals surface area contributed by atoms with Crippen LogP contribution in [0.1, 0.15) is 43.7 Å². The maximum absolute atomic E-state index is 14.3. The molecule has 2 aromatic carbocycles. The average Bonchev–Trinajstić information content (AvgIpc) is 3.31. The van der Waals surface area contributed by atoms with Gasteiger partial charge in [0.1, 0.15) is 11.9 Å². The molecule has 3 unspecified atom stereocenters. The molecule has 1 saturated carbocycles. The Morgan fingerprint density at radius 3 is 2.53 bits per heavy atom. The van der Waals surface area contributed by atoms with Crippen molar-refractivity contribution in [3.63, 3.8) is 0 Å². The predicted octanol–water partition coefficient (Wildman–Crippen LogP) is 3.75. The number of fused-ring (bicyclic) bond motifs is 4. The molecular weight excluding hydrogens is 456 g/mol. The highest BCUT2D eigenvalue weighted by Gasteiger charge is 2.67. The van der Waals surface area contributed by atoms with E-state index in [1.165, 1.54) is 0 Å². The van der Waals surface area contributed by atoms with Gasteiger partial charge in [-0.05, 0) is 56.4 Å². The number of carbonyl (C=O) groups is 3. The number of amides is 2. The molecule has 0 N–H and O–H groups in total. The second-order valence-corrected chi connectivity index (χ2v) is 9.95. The topological polar surface area (TPSA) is 76.2 Å². The number of rotatable bonds is 5. The Kier molecular flexibility index (Phi) is 5.39. The van der Waals surface area contributed by atoms with Gasteiger partial charge in [-0.25, -0.2) is 0 Å². The van der Waals surface area contributed by atoms with Crippen molar-refractivity contribution in [2.24, 2.45) is 5.92 Å². The molecule has 0 saturated heterocycles. The molecule has 0 bridgehead atoms. The largest absolute Gasteiger partial charge is 0.497 e. The van der Waals surface area contributed by atoms with Gasteiger partial charge in [0, 0.05) is 18.7 Å².